The zero-order valence-electron chi connectivity index (χ0n) is 10.2. The summed E-state index contributed by atoms with van der Waals surface area (Å²) >= 11 is 0. The van der Waals surface area contributed by atoms with Crippen LogP contribution < -0.4 is 0 Å². The first-order valence-corrected chi connectivity index (χ1v) is 7.42. The van der Waals surface area contributed by atoms with E-state index < -0.39 is 10.1 Å². The monoisotopic (exact) mass is 254 g/mol. The number of hydrogen-bond acceptors (Lipinski definition) is 3. The molecule has 0 bridgehead atoms. The van der Waals surface area contributed by atoms with Gasteiger partial charge in [-0.05, 0) is 37.8 Å². The van der Waals surface area contributed by atoms with Crippen LogP contribution in [0.15, 0.2) is 29.2 Å². The van der Waals surface area contributed by atoms with Crippen molar-refractivity contribution in [2.75, 3.05) is 0 Å². The van der Waals surface area contributed by atoms with Crippen LogP contribution in [-0.4, -0.2) is 14.5 Å². The van der Waals surface area contributed by atoms with Gasteiger partial charge in [0.05, 0.1) is 11.0 Å². The molecule has 0 saturated heterocycles. The van der Waals surface area contributed by atoms with Crippen molar-refractivity contribution < 1.29 is 12.6 Å². The first kappa shape index (κ1) is 12.6. The second-order valence-corrected chi connectivity index (χ2v) is 6.30. The molecule has 0 unspecified atom stereocenters. The maximum Gasteiger partial charge on any atom is 0.297 e. The Hall–Kier alpha value is -0.870. The van der Waals surface area contributed by atoms with E-state index in [-0.39, 0.29) is 11.0 Å². The van der Waals surface area contributed by atoms with Gasteiger partial charge in [-0.15, -0.1) is 0 Å². The first-order chi connectivity index (χ1) is 8.01. The van der Waals surface area contributed by atoms with Gasteiger partial charge in [0.15, 0.2) is 0 Å². The lowest BCUT2D eigenvalue weighted by molar-refractivity contribution is 0.0690. The fraction of sp³-hybridized carbons (Fsp3) is 0.538. The smallest absolute Gasteiger partial charge is 0.263 e. The molecule has 3 nitrogen and oxygen atoms in total. The highest BCUT2D eigenvalue weighted by molar-refractivity contribution is 7.86. The van der Waals surface area contributed by atoms with Gasteiger partial charge in [-0.1, -0.05) is 31.0 Å². The van der Waals surface area contributed by atoms with Crippen LogP contribution in [0.1, 0.15) is 31.7 Å². The second-order valence-electron chi connectivity index (χ2n) is 4.73. The fourth-order valence-electron chi connectivity index (χ4n) is 2.03. The Morgan fingerprint density at radius 3 is 2.35 bits per heavy atom. The van der Waals surface area contributed by atoms with E-state index in [9.17, 15) is 8.42 Å². The highest BCUT2D eigenvalue weighted by atomic mass is 32.2. The van der Waals surface area contributed by atoms with Gasteiger partial charge in [-0.25, -0.2) is 0 Å². The molecule has 1 aliphatic rings. The van der Waals surface area contributed by atoms with Crippen molar-refractivity contribution in [1.82, 2.24) is 0 Å². The summed E-state index contributed by atoms with van der Waals surface area (Å²) in [5.41, 5.74) is 1.04. The van der Waals surface area contributed by atoms with Crippen LogP contribution in [0, 0.1) is 12.8 Å². The molecule has 2 rings (SSSR count). The summed E-state index contributed by atoms with van der Waals surface area (Å²) in [4.78, 5) is 0.253. The molecule has 1 saturated carbocycles. The maximum atomic E-state index is 11.9. The van der Waals surface area contributed by atoms with E-state index in [4.69, 9.17) is 4.18 Å². The van der Waals surface area contributed by atoms with Gasteiger partial charge in [-0.3, -0.25) is 4.18 Å². The van der Waals surface area contributed by atoms with Crippen molar-refractivity contribution in [3.8, 4) is 0 Å². The summed E-state index contributed by atoms with van der Waals surface area (Å²) < 4.78 is 29.0. The predicted molar refractivity (Wildman–Crippen MR) is 66.3 cm³/mol. The zero-order chi connectivity index (χ0) is 12.5. The minimum absolute atomic E-state index is 0.119. The van der Waals surface area contributed by atoms with Crippen LogP contribution in [0.4, 0.5) is 0 Å². The lowest BCUT2D eigenvalue weighted by Crippen LogP contribution is -2.32. The van der Waals surface area contributed by atoms with E-state index in [1.807, 2.05) is 6.92 Å². The lowest BCUT2D eigenvalue weighted by Gasteiger charge is -2.33. The first-order valence-electron chi connectivity index (χ1n) is 6.01. The molecule has 0 aliphatic heterocycles. The molecule has 1 fully saturated rings. The largest absolute Gasteiger partial charge is 0.297 e. The Bertz CT molecular complexity index is 470. The van der Waals surface area contributed by atoms with E-state index in [2.05, 4.69) is 6.92 Å². The summed E-state index contributed by atoms with van der Waals surface area (Å²) in [5, 5.41) is 0. The SMILES string of the molecule is CCC1CC(OS(=O)(=O)c2ccc(C)cc2)C1. The van der Waals surface area contributed by atoms with E-state index in [1.54, 1.807) is 24.3 Å². The summed E-state index contributed by atoms with van der Waals surface area (Å²) in [6.45, 7) is 4.05. The van der Waals surface area contributed by atoms with E-state index in [1.165, 1.54) is 0 Å². The van der Waals surface area contributed by atoms with Gasteiger partial charge >= 0.3 is 0 Å². The third kappa shape index (κ3) is 2.87. The zero-order valence-corrected chi connectivity index (χ0v) is 11.0. The molecule has 4 heteroatoms. The van der Waals surface area contributed by atoms with Crippen LogP contribution in [0.2, 0.25) is 0 Å². The Balaban J connectivity index is 2.02. The van der Waals surface area contributed by atoms with Gasteiger partial charge in [0.2, 0.25) is 0 Å². The third-order valence-corrected chi connectivity index (χ3v) is 4.72. The minimum atomic E-state index is -3.57. The maximum absolute atomic E-state index is 11.9. The molecule has 0 radical (unpaired) electrons. The van der Waals surface area contributed by atoms with Crippen molar-refractivity contribution >= 4 is 10.1 Å². The highest BCUT2D eigenvalue weighted by Crippen LogP contribution is 2.34. The molecule has 0 atom stereocenters. The van der Waals surface area contributed by atoms with Gasteiger partial charge in [0.1, 0.15) is 0 Å². The number of benzene rings is 1. The standard InChI is InChI=1S/C13H18O3S/c1-3-11-8-12(9-11)16-17(14,15)13-6-4-10(2)5-7-13/h4-7,11-12H,3,8-9H2,1-2H3. The van der Waals surface area contributed by atoms with Crippen molar-refractivity contribution in [3.05, 3.63) is 29.8 Å². The van der Waals surface area contributed by atoms with E-state index in [0.717, 1.165) is 24.8 Å². The normalized spacial score (nSPS) is 24.4. The molecule has 0 spiro atoms. The summed E-state index contributed by atoms with van der Waals surface area (Å²) in [7, 11) is -3.57. The summed E-state index contributed by atoms with van der Waals surface area (Å²) in [6, 6.07) is 6.76. The quantitative estimate of drug-likeness (QED) is 0.776. The topological polar surface area (TPSA) is 43.4 Å². The molecule has 1 aromatic rings. The van der Waals surface area contributed by atoms with Crippen molar-refractivity contribution in [3.63, 3.8) is 0 Å². The van der Waals surface area contributed by atoms with Crippen LogP contribution >= 0.6 is 0 Å². The average molecular weight is 254 g/mol. The second kappa shape index (κ2) is 4.78. The lowest BCUT2D eigenvalue weighted by atomic mass is 9.81. The van der Waals surface area contributed by atoms with Crippen molar-refractivity contribution in [2.45, 2.75) is 44.1 Å². The third-order valence-electron chi connectivity index (χ3n) is 3.34. The van der Waals surface area contributed by atoms with Crippen molar-refractivity contribution in [2.24, 2.45) is 5.92 Å². The minimum Gasteiger partial charge on any atom is -0.263 e. The Labute approximate surface area is 103 Å². The van der Waals surface area contributed by atoms with Crippen LogP contribution in [0.3, 0.4) is 0 Å². The van der Waals surface area contributed by atoms with Gasteiger partial charge in [0.25, 0.3) is 10.1 Å². The summed E-state index contributed by atoms with van der Waals surface area (Å²) in [6.07, 6.45) is 2.71. The van der Waals surface area contributed by atoms with Crippen molar-refractivity contribution in [1.29, 1.82) is 0 Å². The number of aryl methyl sites for hydroxylation is 1. The van der Waals surface area contributed by atoms with Crippen LogP contribution in [0.25, 0.3) is 0 Å². The van der Waals surface area contributed by atoms with Gasteiger partial charge < -0.3 is 0 Å². The Morgan fingerprint density at radius 1 is 1.24 bits per heavy atom. The predicted octanol–water partition coefficient (Wildman–Crippen LogP) is 2.89. The molecule has 0 heterocycles. The molecule has 0 N–H and O–H groups in total. The van der Waals surface area contributed by atoms with E-state index in [0.29, 0.717) is 5.92 Å². The Morgan fingerprint density at radius 2 is 1.82 bits per heavy atom. The average Bonchev–Trinajstić information content (AvgIpc) is 2.23. The van der Waals surface area contributed by atoms with Gasteiger partial charge in [-0.2, -0.15) is 8.42 Å². The fourth-order valence-corrected chi connectivity index (χ4v) is 3.12. The molecule has 17 heavy (non-hydrogen) atoms. The van der Waals surface area contributed by atoms with Crippen LogP contribution in [-0.2, 0) is 14.3 Å². The number of rotatable bonds is 4. The molecule has 1 aliphatic carbocycles. The molecule has 0 aromatic heterocycles. The number of hydrogen-bond donors (Lipinski definition) is 0. The van der Waals surface area contributed by atoms with E-state index >= 15 is 0 Å². The molecule has 0 amide bonds. The Kier molecular flexibility index (Phi) is 3.54. The molecular formula is C13H18O3S. The molecule has 1 aromatic carbocycles. The van der Waals surface area contributed by atoms with Gasteiger partial charge in [0, 0.05) is 0 Å². The molecule has 94 valence electrons. The van der Waals surface area contributed by atoms with Crippen LogP contribution in [0.5, 0.6) is 0 Å². The highest BCUT2D eigenvalue weighted by Gasteiger charge is 2.32. The molecular weight excluding hydrogens is 236 g/mol. The summed E-state index contributed by atoms with van der Waals surface area (Å²) in [5.74, 6) is 0.633.